The van der Waals surface area contributed by atoms with Crippen LogP contribution in [0, 0.1) is 11.8 Å². The zero-order chi connectivity index (χ0) is 15.5. The summed E-state index contributed by atoms with van der Waals surface area (Å²) >= 11 is 0. The van der Waals surface area contributed by atoms with Crippen molar-refractivity contribution in [2.75, 3.05) is 26.4 Å². The summed E-state index contributed by atoms with van der Waals surface area (Å²) in [6.45, 7) is 3.28. The molecular formula is C20H28O3. The Labute approximate surface area is 139 Å². The highest BCUT2D eigenvalue weighted by molar-refractivity contribution is 5.44. The molecule has 2 bridgehead atoms. The molecule has 126 valence electrons. The van der Waals surface area contributed by atoms with Gasteiger partial charge in [-0.3, -0.25) is 0 Å². The highest BCUT2D eigenvalue weighted by Gasteiger charge is 2.36. The van der Waals surface area contributed by atoms with Gasteiger partial charge >= 0.3 is 0 Å². The minimum Gasteiger partial charge on any atom is -0.490 e. The van der Waals surface area contributed by atoms with Crippen molar-refractivity contribution in [1.29, 1.82) is 0 Å². The minimum atomic E-state index is 0.515. The van der Waals surface area contributed by atoms with Crippen LogP contribution in [0.4, 0.5) is 0 Å². The molecule has 0 N–H and O–H groups in total. The lowest BCUT2D eigenvalue weighted by molar-refractivity contribution is 0.0692. The molecule has 1 aliphatic carbocycles. The number of hydrogen-bond donors (Lipinski definition) is 0. The number of benzene rings is 1. The SMILES string of the molecule is c1cc2c(cc1C1COCCCCCC3CC1C3)OCCCO2. The summed E-state index contributed by atoms with van der Waals surface area (Å²) in [5, 5.41) is 0. The Morgan fingerprint density at radius 1 is 0.826 bits per heavy atom. The average molecular weight is 316 g/mol. The minimum absolute atomic E-state index is 0.515. The maximum Gasteiger partial charge on any atom is 0.161 e. The van der Waals surface area contributed by atoms with Gasteiger partial charge in [-0.15, -0.1) is 0 Å². The highest BCUT2D eigenvalue weighted by Crippen LogP contribution is 2.47. The van der Waals surface area contributed by atoms with Crippen LogP contribution in [0.15, 0.2) is 18.2 Å². The van der Waals surface area contributed by atoms with Crippen molar-refractivity contribution in [2.24, 2.45) is 11.8 Å². The van der Waals surface area contributed by atoms with Crippen molar-refractivity contribution in [3.8, 4) is 11.5 Å². The molecule has 2 saturated heterocycles. The lowest BCUT2D eigenvalue weighted by atomic mass is 9.65. The van der Waals surface area contributed by atoms with E-state index in [1.807, 2.05) is 0 Å². The fourth-order valence-electron chi connectivity index (χ4n) is 4.29. The summed E-state index contributed by atoms with van der Waals surface area (Å²) < 4.78 is 17.7. The molecule has 1 atom stereocenters. The van der Waals surface area contributed by atoms with Crippen LogP contribution in [0.2, 0.25) is 0 Å². The molecule has 0 spiro atoms. The Hall–Kier alpha value is -1.22. The molecule has 1 unspecified atom stereocenters. The first-order chi connectivity index (χ1) is 11.4. The van der Waals surface area contributed by atoms with Crippen LogP contribution < -0.4 is 9.47 Å². The van der Waals surface area contributed by atoms with Gasteiger partial charge in [0.1, 0.15) is 0 Å². The van der Waals surface area contributed by atoms with Gasteiger partial charge in [0.15, 0.2) is 11.5 Å². The van der Waals surface area contributed by atoms with Gasteiger partial charge in [0.25, 0.3) is 0 Å². The second-order valence-electron chi connectivity index (χ2n) is 7.38. The van der Waals surface area contributed by atoms with Crippen LogP contribution in [0.3, 0.4) is 0 Å². The summed E-state index contributed by atoms with van der Waals surface area (Å²) in [5.41, 5.74) is 1.37. The van der Waals surface area contributed by atoms with E-state index in [4.69, 9.17) is 14.2 Å². The molecule has 0 aromatic heterocycles. The molecule has 3 fully saturated rings. The van der Waals surface area contributed by atoms with Crippen molar-refractivity contribution in [3.05, 3.63) is 23.8 Å². The lowest BCUT2D eigenvalue weighted by Gasteiger charge is -2.40. The number of hydrogen-bond acceptors (Lipinski definition) is 3. The first kappa shape index (κ1) is 15.3. The molecule has 23 heavy (non-hydrogen) atoms. The monoisotopic (exact) mass is 316 g/mol. The molecular weight excluding hydrogens is 288 g/mol. The summed E-state index contributed by atoms with van der Waals surface area (Å²) in [7, 11) is 0. The van der Waals surface area contributed by atoms with Crippen molar-refractivity contribution >= 4 is 0 Å². The highest BCUT2D eigenvalue weighted by atomic mass is 16.5. The predicted octanol–water partition coefficient (Wildman–Crippen LogP) is 4.55. The number of ether oxygens (including phenoxy) is 3. The standard InChI is InChI=1S/C20H28O3/c1-2-5-15-11-17(12-15)18(14-21-8-3-1)16-6-7-19-20(13-16)23-10-4-9-22-19/h6-7,13,15,17-18H,1-5,8-12,14H2. The first-order valence-corrected chi connectivity index (χ1v) is 9.37. The van der Waals surface area contributed by atoms with Gasteiger partial charge in [0, 0.05) is 18.9 Å². The van der Waals surface area contributed by atoms with E-state index in [0.29, 0.717) is 5.92 Å². The molecule has 3 nitrogen and oxygen atoms in total. The van der Waals surface area contributed by atoms with Crippen LogP contribution in [-0.2, 0) is 4.74 Å². The third-order valence-electron chi connectivity index (χ3n) is 5.74. The normalized spacial score (nSPS) is 31.4. The zero-order valence-corrected chi connectivity index (χ0v) is 14.0. The second kappa shape index (κ2) is 7.12. The Balaban J connectivity index is 1.53. The third-order valence-corrected chi connectivity index (χ3v) is 5.74. The van der Waals surface area contributed by atoms with Crippen LogP contribution in [0.25, 0.3) is 0 Å². The van der Waals surface area contributed by atoms with E-state index in [1.165, 1.54) is 44.1 Å². The van der Waals surface area contributed by atoms with Gasteiger partial charge in [-0.1, -0.05) is 25.3 Å². The molecule has 0 radical (unpaired) electrons. The van der Waals surface area contributed by atoms with Crippen LogP contribution in [-0.4, -0.2) is 26.4 Å². The number of fused-ring (bicyclic) bond motifs is 8. The smallest absolute Gasteiger partial charge is 0.161 e. The summed E-state index contributed by atoms with van der Waals surface area (Å²) in [6, 6.07) is 6.54. The molecule has 3 heteroatoms. The lowest BCUT2D eigenvalue weighted by Crippen LogP contribution is -2.31. The van der Waals surface area contributed by atoms with Gasteiger partial charge in [-0.05, 0) is 48.8 Å². The summed E-state index contributed by atoms with van der Waals surface area (Å²) in [5.74, 6) is 4.07. The van der Waals surface area contributed by atoms with Gasteiger partial charge in [0.05, 0.1) is 19.8 Å². The van der Waals surface area contributed by atoms with E-state index in [9.17, 15) is 0 Å². The Morgan fingerprint density at radius 3 is 2.61 bits per heavy atom. The van der Waals surface area contributed by atoms with Crippen molar-refractivity contribution in [3.63, 3.8) is 0 Å². The quantitative estimate of drug-likeness (QED) is 0.761. The van der Waals surface area contributed by atoms with Crippen molar-refractivity contribution < 1.29 is 14.2 Å². The van der Waals surface area contributed by atoms with E-state index in [1.54, 1.807) is 0 Å². The van der Waals surface area contributed by atoms with E-state index in [0.717, 1.165) is 56.2 Å². The Bertz CT molecular complexity index is 522. The zero-order valence-electron chi connectivity index (χ0n) is 14.0. The van der Waals surface area contributed by atoms with E-state index in [-0.39, 0.29) is 0 Å². The molecule has 1 aromatic carbocycles. The maximum atomic E-state index is 6.02. The predicted molar refractivity (Wildman–Crippen MR) is 90.3 cm³/mol. The van der Waals surface area contributed by atoms with Crippen LogP contribution in [0.1, 0.15) is 56.4 Å². The topological polar surface area (TPSA) is 27.7 Å². The van der Waals surface area contributed by atoms with E-state index in [2.05, 4.69) is 18.2 Å². The molecule has 3 aliphatic heterocycles. The first-order valence-electron chi connectivity index (χ1n) is 9.37. The fraction of sp³-hybridized carbons (Fsp3) is 0.700. The Kier molecular flexibility index (Phi) is 4.74. The van der Waals surface area contributed by atoms with E-state index >= 15 is 0 Å². The molecule has 0 amide bonds. The van der Waals surface area contributed by atoms with Gasteiger partial charge in [0.2, 0.25) is 0 Å². The average Bonchev–Trinajstić information content (AvgIpc) is 2.80. The summed E-state index contributed by atoms with van der Waals surface area (Å²) in [4.78, 5) is 0. The third kappa shape index (κ3) is 3.50. The van der Waals surface area contributed by atoms with Crippen LogP contribution in [0.5, 0.6) is 11.5 Å². The second-order valence-corrected chi connectivity index (χ2v) is 7.38. The fourth-order valence-corrected chi connectivity index (χ4v) is 4.29. The van der Waals surface area contributed by atoms with Crippen molar-refractivity contribution in [2.45, 2.75) is 50.9 Å². The van der Waals surface area contributed by atoms with Gasteiger partial charge < -0.3 is 14.2 Å². The molecule has 4 aliphatic rings. The molecule has 5 rings (SSSR count). The summed E-state index contributed by atoms with van der Waals surface area (Å²) in [6.07, 6.45) is 9.06. The molecule has 1 saturated carbocycles. The molecule has 1 aromatic rings. The van der Waals surface area contributed by atoms with Gasteiger partial charge in [-0.2, -0.15) is 0 Å². The number of rotatable bonds is 1. The largest absolute Gasteiger partial charge is 0.490 e. The van der Waals surface area contributed by atoms with Crippen molar-refractivity contribution in [1.82, 2.24) is 0 Å². The maximum absolute atomic E-state index is 6.02. The molecule has 3 heterocycles. The van der Waals surface area contributed by atoms with Crippen LogP contribution >= 0.6 is 0 Å². The van der Waals surface area contributed by atoms with Gasteiger partial charge in [-0.25, -0.2) is 0 Å². The Morgan fingerprint density at radius 2 is 1.70 bits per heavy atom. The van der Waals surface area contributed by atoms with E-state index < -0.39 is 0 Å².